The first-order valence-electron chi connectivity index (χ1n) is 9.09. The molecule has 4 heteroatoms. The van der Waals surface area contributed by atoms with Crippen LogP contribution in [0, 0.1) is 6.92 Å². The Hall–Kier alpha value is -1.65. The summed E-state index contributed by atoms with van der Waals surface area (Å²) in [4.78, 5) is 3.86. The molecule has 1 atom stereocenters. The summed E-state index contributed by atoms with van der Waals surface area (Å²) in [6, 6.07) is 15.3. The summed E-state index contributed by atoms with van der Waals surface area (Å²) in [5.41, 5.74) is 2.87. The van der Waals surface area contributed by atoms with Crippen LogP contribution in [-0.4, -0.2) is 43.5 Å². The first-order valence-corrected chi connectivity index (χ1v) is 10.1. The van der Waals surface area contributed by atoms with Crippen molar-refractivity contribution in [2.24, 2.45) is 0 Å². The lowest BCUT2D eigenvalue weighted by molar-refractivity contribution is 0.171. The zero-order valence-corrected chi connectivity index (χ0v) is 15.6. The highest BCUT2D eigenvalue weighted by atomic mass is 32.2. The van der Waals surface area contributed by atoms with E-state index in [-0.39, 0.29) is 0 Å². The second-order valence-electron chi connectivity index (χ2n) is 6.85. The molecule has 2 aromatic rings. The van der Waals surface area contributed by atoms with Crippen LogP contribution < -0.4 is 9.47 Å². The second-order valence-corrected chi connectivity index (χ2v) is 8.02. The maximum atomic E-state index is 5.67. The Morgan fingerprint density at radius 3 is 2.84 bits per heavy atom. The van der Waals surface area contributed by atoms with Gasteiger partial charge in [-0.05, 0) is 49.6 Å². The Kier molecular flexibility index (Phi) is 5.18. The van der Waals surface area contributed by atoms with Gasteiger partial charge in [-0.2, -0.15) is 0 Å². The molecule has 0 bridgehead atoms. The van der Waals surface area contributed by atoms with E-state index in [1.165, 1.54) is 35.5 Å². The summed E-state index contributed by atoms with van der Waals surface area (Å²) in [7, 11) is 0. The molecule has 0 amide bonds. The Bertz CT molecular complexity index is 734. The summed E-state index contributed by atoms with van der Waals surface area (Å²) in [5.74, 6) is 3.56. The fraction of sp³-hybridized carbons (Fsp3) is 0.429. The molecular weight excluding hydrogens is 330 g/mol. The minimum absolute atomic E-state index is 0.648. The fourth-order valence-corrected chi connectivity index (χ4v) is 4.58. The highest BCUT2D eigenvalue weighted by Gasteiger charge is 2.23. The Morgan fingerprint density at radius 2 is 1.96 bits per heavy atom. The van der Waals surface area contributed by atoms with Crippen molar-refractivity contribution in [3.8, 4) is 11.5 Å². The van der Waals surface area contributed by atoms with Gasteiger partial charge in [0, 0.05) is 23.7 Å². The lowest BCUT2D eigenvalue weighted by Crippen LogP contribution is -2.23. The van der Waals surface area contributed by atoms with Crippen molar-refractivity contribution >= 4 is 11.8 Å². The predicted molar refractivity (Wildman–Crippen MR) is 103 cm³/mol. The third-order valence-electron chi connectivity index (χ3n) is 4.98. The summed E-state index contributed by atoms with van der Waals surface area (Å²) in [6.07, 6.45) is 1.28. The molecule has 4 rings (SSSR count). The van der Waals surface area contributed by atoms with Crippen LogP contribution in [0.25, 0.3) is 0 Å². The van der Waals surface area contributed by atoms with Gasteiger partial charge >= 0.3 is 0 Å². The van der Waals surface area contributed by atoms with E-state index in [1.54, 1.807) is 0 Å². The number of hydrogen-bond acceptors (Lipinski definition) is 4. The van der Waals surface area contributed by atoms with E-state index in [9.17, 15) is 0 Å². The van der Waals surface area contributed by atoms with Crippen molar-refractivity contribution in [2.45, 2.75) is 24.2 Å². The SMILES string of the molecule is Cc1cccc(C2CCN(CCSc3ccc4c(c3)OCCO4)C2)c1. The van der Waals surface area contributed by atoms with Crippen molar-refractivity contribution in [3.63, 3.8) is 0 Å². The molecule has 0 N–H and O–H groups in total. The first-order chi connectivity index (χ1) is 12.3. The average Bonchev–Trinajstić information content (AvgIpc) is 3.11. The molecular formula is C21H25NO2S. The van der Waals surface area contributed by atoms with Gasteiger partial charge in [-0.3, -0.25) is 0 Å². The van der Waals surface area contributed by atoms with Crippen LogP contribution in [0.2, 0.25) is 0 Å². The molecule has 132 valence electrons. The van der Waals surface area contributed by atoms with Gasteiger partial charge in [-0.25, -0.2) is 0 Å². The minimum Gasteiger partial charge on any atom is -0.486 e. The van der Waals surface area contributed by atoms with Crippen molar-refractivity contribution in [1.82, 2.24) is 4.90 Å². The van der Waals surface area contributed by atoms with Crippen LogP contribution in [0.4, 0.5) is 0 Å². The standard InChI is InChI=1S/C21H25NO2S/c1-16-3-2-4-17(13-16)18-7-8-22(15-18)9-12-25-19-5-6-20-21(14-19)24-11-10-23-20/h2-6,13-14,18H,7-12,15H2,1H3. The number of rotatable bonds is 5. The van der Waals surface area contributed by atoms with Gasteiger partial charge in [0.2, 0.25) is 0 Å². The van der Waals surface area contributed by atoms with Crippen molar-refractivity contribution in [2.75, 3.05) is 38.6 Å². The quantitative estimate of drug-likeness (QED) is 0.744. The molecule has 2 heterocycles. The molecule has 3 nitrogen and oxygen atoms in total. The van der Waals surface area contributed by atoms with Gasteiger partial charge in [0.15, 0.2) is 11.5 Å². The number of ether oxygens (including phenoxy) is 2. The number of benzene rings is 2. The number of nitrogens with zero attached hydrogens (tertiary/aromatic N) is 1. The number of aryl methyl sites for hydroxylation is 1. The average molecular weight is 356 g/mol. The number of thioether (sulfide) groups is 1. The van der Waals surface area contributed by atoms with Crippen LogP contribution in [0.15, 0.2) is 47.4 Å². The monoisotopic (exact) mass is 355 g/mol. The second kappa shape index (κ2) is 7.71. The number of likely N-dealkylation sites (tertiary alicyclic amines) is 1. The topological polar surface area (TPSA) is 21.7 Å². The molecule has 1 unspecified atom stereocenters. The van der Waals surface area contributed by atoms with Gasteiger partial charge in [0.05, 0.1) is 0 Å². The summed E-state index contributed by atoms with van der Waals surface area (Å²) in [5, 5.41) is 0. The molecule has 0 aliphatic carbocycles. The Labute approximate surface area is 154 Å². The van der Waals surface area contributed by atoms with E-state index in [0.717, 1.165) is 23.8 Å². The predicted octanol–water partition coefficient (Wildman–Crippen LogP) is 4.35. The molecule has 2 aromatic carbocycles. The van der Waals surface area contributed by atoms with Gasteiger partial charge in [0.1, 0.15) is 13.2 Å². The summed E-state index contributed by atoms with van der Waals surface area (Å²) >= 11 is 1.90. The van der Waals surface area contributed by atoms with E-state index in [2.05, 4.69) is 48.2 Å². The molecule has 1 saturated heterocycles. The molecule has 1 fully saturated rings. The fourth-order valence-electron chi connectivity index (χ4n) is 3.64. The van der Waals surface area contributed by atoms with Crippen LogP contribution in [-0.2, 0) is 0 Å². The maximum Gasteiger partial charge on any atom is 0.162 e. The van der Waals surface area contributed by atoms with E-state index in [1.807, 2.05) is 17.8 Å². The maximum absolute atomic E-state index is 5.67. The lowest BCUT2D eigenvalue weighted by atomic mass is 9.97. The first kappa shape index (κ1) is 16.8. The summed E-state index contributed by atoms with van der Waals surface area (Å²) < 4.78 is 11.3. The van der Waals surface area contributed by atoms with Gasteiger partial charge in [-0.15, -0.1) is 11.8 Å². The molecule has 0 radical (unpaired) electrons. The van der Waals surface area contributed by atoms with Crippen LogP contribution in [0.1, 0.15) is 23.5 Å². The molecule has 2 aliphatic heterocycles. The lowest BCUT2D eigenvalue weighted by Gasteiger charge is -2.19. The Morgan fingerprint density at radius 1 is 1.08 bits per heavy atom. The zero-order chi connectivity index (χ0) is 17.1. The van der Waals surface area contributed by atoms with Gasteiger partial charge in [0.25, 0.3) is 0 Å². The van der Waals surface area contributed by atoms with E-state index in [4.69, 9.17) is 9.47 Å². The van der Waals surface area contributed by atoms with E-state index in [0.29, 0.717) is 19.1 Å². The van der Waals surface area contributed by atoms with Gasteiger partial charge < -0.3 is 14.4 Å². The molecule has 0 spiro atoms. The van der Waals surface area contributed by atoms with Gasteiger partial charge in [-0.1, -0.05) is 29.8 Å². The highest BCUT2D eigenvalue weighted by Crippen LogP contribution is 2.34. The largest absolute Gasteiger partial charge is 0.486 e. The molecule has 2 aliphatic rings. The van der Waals surface area contributed by atoms with Crippen LogP contribution in [0.5, 0.6) is 11.5 Å². The zero-order valence-electron chi connectivity index (χ0n) is 14.7. The number of hydrogen-bond donors (Lipinski definition) is 0. The van der Waals surface area contributed by atoms with Crippen LogP contribution in [0.3, 0.4) is 0 Å². The molecule has 0 aromatic heterocycles. The minimum atomic E-state index is 0.648. The van der Waals surface area contributed by atoms with E-state index < -0.39 is 0 Å². The number of fused-ring (bicyclic) bond motifs is 1. The molecule has 0 saturated carbocycles. The van der Waals surface area contributed by atoms with E-state index >= 15 is 0 Å². The van der Waals surface area contributed by atoms with Crippen LogP contribution >= 0.6 is 11.8 Å². The summed E-state index contributed by atoms with van der Waals surface area (Å²) in [6.45, 7) is 7.01. The normalized spacial score (nSPS) is 20.0. The smallest absolute Gasteiger partial charge is 0.162 e. The highest BCUT2D eigenvalue weighted by molar-refractivity contribution is 7.99. The molecule has 25 heavy (non-hydrogen) atoms. The third-order valence-corrected chi connectivity index (χ3v) is 5.95. The van der Waals surface area contributed by atoms with Crippen molar-refractivity contribution < 1.29 is 9.47 Å². The van der Waals surface area contributed by atoms with Crippen molar-refractivity contribution in [1.29, 1.82) is 0 Å². The Balaban J connectivity index is 1.27. The van der Waals surface area contributed by atoms with Crippen molar-refractivity contribution in [3.05, 3.63) is 53.6 Å². The third kappa shape index (κ3) is 4.13.